The van der Waals surface area contributed by atoms with Crippen molar-refractivity contribution in [3.63, 3.8) is 0 Å². The van der Waals surface area contributed by atoms with Gasteiger partial charge in [-0.3, -0.25) is 15.2 Å². The summed E-state index contributed by atoms with van der Waals surface area (Å²) in [6.07, 6.45) is 9.09. The van der Waals surface area contributed by atoms with Crippen molar-refractivity contribution in [1.82, 2.24) is 20.4 Å². The highest BCUT2D eigenvalue weighted by Gasteiger charge is 2.25. The minimum atomic E-state index is -0.130. The van der Waals surface area contributed by atoms with Gasteiger partial charge in [0.1, 0.15) is 17.3 Å². The van der Waals surface area contributed by atoms with Gasteiger partial charge in [0.15, 0.2) is 0 Å². The molecule has 2 aliphatic heterocycles. The quantitative estimate of drug-likeness (QED) is 0.176. The maximum atomic E-state index is 13.0. The van der Waals surface area contributed by atoms with Gasteiger partial charge in [-0.2, -0.15) is 0 Å². The zero-order chi connectivity index (χ0) is 30.6. The summed E-state index contributed by atoms with van der Waals surface area (Å²) < 4.78 is 5.90. The van der Waals surface area contributed by atoms with Crippen molar-refractivity contribution in [2.24, 2.45) is 10.7 Å². The summed E-state index contributed by atoms with van der Waals surface area (Å²) in [7, 11) is 2.15. The number of piperidine rings is 2. The van der Waals surface area contributed by atoms with E-state index in [1.54, 1.807) is 13.0 Å². The van der Waals surface area contributed by atoms with E-state index in [1.807, 2.05) is 65.6 Å². The normalized spacial score (nSPS) is 19.2. The first kappa shape index (κ1) is 31.7. The molecule has 0 aliphatic carbocycles. The van der Waals surface area contributed by atoms with Gasteiger partial charge < -0.3 is 30.9 Å². The highest BCUT2D eigenvalue weighted by Crippen LogP contribution is 2.23. The van der Waals surface area contributed by atoms with E-state index in [0.717, 1.165) is 44.5 Å². The lowest BCUT2D eigenvalue weighted by atomic mass is 9.99. The lowest BCUT2D eigenvalue weighted by Gasteiger charge is -2.31. The Morgan fingerprint density at radius 3 is 2.47 bits per heavy atom. The Labute approximate surface area is 255 Å². The fourth-order valence-corrected chi connectivity index (χ4v) is 5.39. The molecule has 0 aromatic heterocycles. The van der Waals surface area contributed by atoms with Crippen LogP contribution >= 0.6 is 0 Å². The summed E-state index contributed by atoms with van der Waals surface area (Å²) in [6.45, 7) is 9.69. The van der Waals surface area contributed by atoms with Gasteiger partial charge >= 0.3 is 0 Å². The SMILES string of the molecule is C=CNC(=NC1CCCN(C(=O)/C=C/CNC2CCN(C)CC2)C1)/C(C(=N)c1ccc(Oc2ccccc2)cc1)=C(\C)N. The van der Waals surface area contributed by atoms with Crippen LogP contribution in [0.4, 0.5) is 0 Å². The Balaban J connectivity index is 1.39. The molecule has 2 saturated heterocycles. The van der Waals surface area contributed by atoms with Gasteiger partial charge in [0, 0.05) is 43.0 Å². The number of nitrogens with two attached hydrogens (primary N) is 1. The van der Waals surface area contributed by atoms with E-state index in [-0.39, 0.29) is 17.7 Å². The van der Waals surface area contributed by atoms with Crippen LogP contribution in [-0.2, 0) is 4.79 Å². The van der Waals surface area contributed by atoms with E-state index in [4.69, 9.17) is 20.9 Å². The van der Waals surface area contributed by atoms with Crippen LogP contribution in [0.3, 0.4) is 0 Å². The molecule has 4 rings (SSSR count). The molecule has 9 nitrogen and oxygen atoms in total. The number of carbonyl (C=O) groups excluding carboxylic acids is 1. The molecule has 9 heteroatoms. The summed E-state index contributed by atoms with van der Waals surface area (Å²) in [5.74, 6) is 1.89. The van der Waals surface area contributed by atoms with Crippen LogP contribution in [0, 0.1) is 5.41 Å². The Kier molecular flexibility index (Phi) is 11.7. The summed E-state index contributed by atoms with van der Waals surface area (Å²) in [6, 6.07) is 17.3. The maximum absolute atomic E-state index is 13.0. The van der Waals surface area contributed by atoms with Crippen LogP contribution in [0.15, 0.2) is 95.8 Å². The van der Waals surface area contributed by atoms with Crippen LogP contribution in [0.2, 0.25) is 0 Å². The van der Waals surface area contributed by atoms with Gasteiger partial charge in [-0.15, -0.1) is 0 Å². The largest absolute Gasteiger partial charge is 0.457 e. The van der Waals surface area contributed by atoms with Crippen molar-refractivity contribution < 1.29 is 9.53 Å². The third-order valence-corrected chi connectivity index (χ3v) is 7.77. The van der Waals surface area contributed by atoms with Crippen LogP contribution < -0.4 is 21.1 Å². The fraction of sp³-hybridized carbons (Fsp3) is 0.382. The van der Waals surface area contributed by atoms with Crippen molar-refractivity contribution in [3.05, 3.63) is 96.4 Å². The lowest BCUT2D eigenvalue weighted by Crippen LogP contribution is -2.42. The average molecular weight is 584 g/mol. The second kappa shape index (κ2) is 15.9. The van der Waals surface area contributed by atoms with Crippen molar-refractivity contribution in [3.8, 4) is 11.5 Å². The molecule has 1 unspecified atom stereocenters. The first-order valence-electron chi connectivity index (χ1n) is 15.1. The first-order chi connectivity index (χ1) is 20.8. The maximum Gasteiger partial charge on any atom is 0.246 e. The molecule has 2 fully saturated rings. The highest BCUT2D eigenvalue weighted by atomic mass is 16.5. The topological polar surface area (TPSA) is 119 Å². The summed E-state index contributed by atoms with van der Waals surface area (Å²) in [5, 5.41) is 15.7. The number of amides is 1. The zero-order valence-electron chi connectivity index (χ0n) is 25.4. The third-order valence-electron chi connectivity index (χ3n) is 7.77. The number of benzene rings is 2. The Morgan fingerprint density at radius 1 is 1.09 bits per heavy atom. The molecule has 0 saturated carbocycles. The molecular weight excluding hydrogens is 538 g/mol. The molecule has 2 heterocycles. The van der Waals surface area contributed by atoms with Gasteiger partial charge in [0.05, 0.1) is 17.3 Å². The molecular formula is C34H45N7O2. The predicted molar refractivity (Wildman–Crippen MR) is 175 cm³/mol. The van der Waals surface area contributed by atoms with Gasteiger partial charge in [-0.1, -0.05) is 30.9 Å². The van der Waals surface area contributed by atoms with Crippen molar-refractivity contribution in [2.75, 3.05) is 39.8 Å². The highest BCUT2D eigenvalue weighted by molar-refractivity contribution is 6.29. The van der Waals surface area contributed by atoms with Crippen molar-refractivity contribution in [1.29, 1.82) is 5.41 Å². The smallest absolute Gasteiger partial charge is 0.246 e. The number of para-hydroxylation sites is 1. The Bertz CT molecular complexity index is 1320. The molecule has 0 bridgehead atoms. The second-order valence-corrected chi connectivity index (χ2v) is 11.2. The third kappa shape index (κ3) is 9.39. The van der Waals surface area contributed by atoms with E-state index in [2.05, 4.69) is 29.2 Å². The van der Waals surface area contributed by atoms with E-state index in [0.29, 0.717) is 54.1 Å². The van der Waals surface area contributed by atoms with Gasteiger partial charge in [-0.05, 0) is 95.3 Å². The number of nitrogens with zero attached hydrogens (tertiary/aromatic N) is 3. The van der Waals surface area contributed by atoms with E-state index >= 15 is 0 Å². The Morgan fingerprint density at radius 2 is 1.79 bits per heavy atom. The van der Waals surface area contributed by atoms with Gasteiger partial charge in [0.2, 0.25) is 5.91 Å². The molecule has 0 spiro atoms. The van der Waals surface area contributed by atoms with Gasteiger partial charge in [0.25, 0.3) is 0 Å². The number of amidine groups is 1. The van der Waals surface area contributed by atoms with Crippen LogP contribution in [-0.4, -0.2) is 79.1 Å². The monoisotopic (exact) mass is 583 g/mol. The molecule has 2 aromatic carbocycles. The number of likely N-dealkylation sites (tertiary alicyclic amines) is 2. The molecule has 43 heavy (non-hydrogen) atoms. The Hall–Kier alpha value is -4.21. The number of aliphatic imine (C=N–C) groups is 1. The number of rotatable bonds is 11. The molecule has 228 valence electrons. The molecule has 5 N–H and O–H groups in total. The number of carbonyl (C=O) groups is 1. The number of hydrogen-bond acceptors (Lipinski definition) is 7. The second-order valence-electron chi connectivity index (χ2n) is 11.2. The average Bonchev–Trinajstić information content (AvgIpc) is 3.01. The first-order valence-corrected chi connectivity index (χ1v) is 15.1. The van der Waals surface area contributed by atoms with Crippen LogP contribution in [0.1, 0.15) is 38.2 Å². The van der Waals surface area contributed by atoms with E-state index < -0.39 is 0 Å². The van der Waals surface area contributed by atoms with Crippen molar-refractivity contribution in [2.45, 2.75) is 44.7 Å². The number of allylic oxidation sites excluding steroid dienone is 1. The van der Waals surface area contributed by atoms with Gasteiger partial charge in [-0.25, -0.2) is 0 Å². The van der Waals surface area contributed by atoms with Crippen molar-refractivity contribution >= 4 is 17.5 Å². The number of nitrogens with one attached hydrogen (secondary N) is 3. The molecule has 2 aliphatic rings. The minimum absolute atomic E-state index is 0.000340. The van der Waals surface area contributed by atoms with Crippen LogP contribution in [0.25, 0.3) is 0 Å². The van der Waals surface area contributed by atoms with E-state index in [1.165, 1.54) is 6.20 Å². The predicted octanol–water partition coefficient (Wildman–Crippen LogP) is 4.44. The summed E-state index contributed by atoms with van der Waals surface area (Å²) >= 11 is 0. The minimum Gasteiger partial charge on any atom is -0.457 e. The molecule has 0 radical (unpaired) electrons. The summed E-state index contributed by atoms with van der Waals surface area (Å²) in [5.41, 5.74) is 8.21. The molecule has 2 aromatic rings. The standard InChI is InChI=1S/C34H45N7O2/c1-4-37-34(32(25(2)35)33(36)26-14-16-30(17-15-26)43-29-11-6-5-7-12-29)39-28-10-9-21-41(24-28)31(42)13-8-20-38-27-18-22-40(3)23-19-27/h4-8,11-17,27-28,36,38H,1,9-10,18-24,35H2,2-3H3,(H,37,39)/b13-8+,32-25+,36-33?. The lowest BCUT2D eigenvalue weighted by molar-refractivity contribution is -0.127. The summed E-state index contributed by atoms with van der Waals surface area (Å²) in [4.78, 5) is 22.1. The number of ether oxygens (including phenoxy) is 1. The fourth-order valence-electron chi connectivity index (χ4n) is 5.39. The van der Waals surface area contributed by atoms with E-state index in [9.17, 15) is 4.79 Å². The van der Waals surface area contributed by atoms with Crippen LogP contribution in [0.5, 0.6) is 11.5 Å². The molecule has 1 amide bonds. The zero-order valence-corrected chi connectivity index (χ0v) is 25.4. The number of hydrogen-bond donors (Lipinski definition) is 4. The molecule has 1 atom stereocenters.